The second-order valence-electron chi connectivity index (χ2n) is 4.75. The smallest absolute Gasteiger partial charge is 0.291 e. The van der Waals surface area contributed by atoms with Crippen LogP contribution in [-0.2, 0) is 10.0 Å². The summed E-state index contributed by atoms with van der Waals surface area (Å²) in [5, 5.41) is 14.1. The van der Waals surface area contributed by atoms with E-state index in [1.54, 1.807) is 6.92 Å². The van der Waals surface area contributed by atoms with Gasteiger partial charge in [-0.2, -0.15) is 4.31 Å². The highest BCUT2D eigenvalue weighted by molar-refractivity contribution is 7.89. The van der Waals surface area contributed by atoms with E-state index in [0.717, 1.165) is 0 Å². The number of rotatable bonds is 7. The zero-order chi connectivity index (χ0) is 16.2. The van der Waals surface area contributed by atoms with Gasteiger partial charge in [0.25, 0.3) is 5.69 Å². The quantitative estimate of drug-likeness (QED) is 0.616. The Morgan fingerprint density at radius 2 is 2.00 bits per heavy atom. The van der Waals surface area contributed by atoms with Crippen LogP contribution in [0.2, 0.25) is 0 Å². The van der Waals surface area contributed by atoms with Crippen LogP contribution in [0, 0.1) is 10.1 Å². The van der Waals surface area contributed by atoms with Crippen LogP contribution < -0.4 is 5.32 Å². The molecule has 0 bridgehead atoms. The fourth-order valence-electron chi connectivity index (χ4n) is 1.84. The molecule has 21 heavy (non-hydrogen) atoms. The minimum atomic E-state index is -3.89. The van der Waals surface area contributed by atoms with Crippen molar-refractivity contribution in [3.8, 4) is 0 Å². The van der Waals surface area contributed by atoms with Crippen molar-refractivity contribution in [1.82, 2.24) is 4.31 Å². The summed E-state index contributed by atoms with van der Waals surface area (Å²) in [6.07, 6.45) is 0.624. The summed E-state index contributed by atoms with van der Waals surface area (Å²) in [6.45, 7) is 6.07. The molecule has 0 heterocycles. The van der Waals surface area contributed by atoms with Crippen molar-refractivity contribution in [2.75, 3.05) is 18.9 Å². The van der Waals surface area contributed by atoms with Crippen LogP contribution in [0.3, 0.4) is 0 Å². The zero-order valence-corrected chi connectivity index (χ0v) is 13.5. The SMILES string of the molecule is CCNc1ccc(S(=O)(=O)N(C)C(C)CC)c([N+](=O)[O-])c1. The second kappa shape index (κ2) is 6.86. The van der Waals surface area contributed by atoms with Gasteiger partial charge in [0, 0.05) is 31.4 Å². The van der Waals surface area contributed by atoms with Crippen molar-refractivity contribution in [2.24, 2.45) is 0 Å². The fourth-order valence-corrected chi connectivity index (χ4v) is 3.41. The van der Waals surface area contributed by atoms with Crippen molar-refractivity contribution in [2.45, 2.75) is 38.1 Å². The molecule has 1 unspecified atom stereocenters. The van der Waals surface area contributed by atoms with Crippen LogP contribution in [-0.4, -0.2) is 37.3 Å². The lowest BCUT2D eigenvalue weighted by Gasteiger charge is -2.23. The number of benzene rings is 1. The monoisotopic (exact) mass is 315 g/mol. The average Bonchev–Trinajstić information content (AvgIpc) is 2.45. The lowest BCUT2D eigenvalue weighted by molar-refractivity contribution is -0.387. The van der Waals surface area contributed by atoms with Gasteiger partial charge in [0.2, 0.25) is 10.0 Å². The summed E-state index contributed by atoms with van der Waals surface area (Å²) in [5.74, 6) is 0. The number of sulfonamides is 1. The van der Waals surface area contributed by atoms with Gasteiger partial charge in [-0.3, -0.25) is 10.1 Å². The van der Waals surface area contributed by atoms with Gasteiger partial charge in [0.15, 0.2) is 4.90 Å². The maximum absolute atomic E-state index is 12.5. The first-order chi connectivity index (χ1) is 9.75. The van der Waals surface area contributed by atoms with E-state index in [2.05, 4.69) is 5.32 Å². The van der Waals surface area contributed by atoms with Gasteiger partial charge in [-0.25, -0.2) is 8.42 Å². The number of nitro groups is 1. The molecule has 118 valence electrons. The van der Waals surface area contributed by atoms with Gasteiger partial charge in [-0.1, -0.05) is 6.92 Å². The molecule has 1 aromatic carbocycles. The topological polar surface area (TPSA) is 92.6 Å². The molecule has 1 aromatic rings. The third kappa shape index (κ3) is 3.70. The van der Waals surface area contributed by atoms with E-state index in [1.165, 1.54) is 29.6 Å². The first-order valence-electron chi connectivity index (χ1n) is 6.76. The second-order valence-corrected chi connectivity index (χ2v) is 6.71. The summed E-state index contributed by atoms with van der Waals surface area (Å²) < 4.78 is 26.2. The summed E-state index contributed by atoms with van der Waals surface area (Å²) in [7, 11) is -2.46. The molecule has 0 saturated heterocycles. The van der Waals surface area contributed by atoms with E-state index in [1.807, 2.05) is 13.8 Å². The van der Waals surface area contributed by atoms with Crippen molar-refractivity contribution < 1.29 is 13.3 Å². The minimum Gasteiger partial charge on any atom is -0.385 e. The van der Waals surface area contributed by atoms with E-state index in [-0.39, 0.29) is 10.9 Å². The number of hydrogen-bond donors (Lipinski definition) is 1. The Morgan fingerprint density at radius 1 is 1.38 bits per heavy atom. The number of nitrogens with zero attached hydrogens (tertiary/aromatic N) is 2. The first-order valence-corrected chi connectivity index (χ1v) is 8.20. The summed E-state index contributed by atoms with van der Waals surface area (Å²) >= 11 is 0. The molecule has 0 aromatic heterocycles. The van der Waals surface area contributed by atoms with Crippen molar-refractivity contribution in [1.29, 1.82) is 0 Å². The minimum absolute atomic E-state index is 0.233. The van der Waals surface area contributed by atoms with Crippen molar-refractivity contribution in [3.05, 3.63) is 28.3 Å². The number of nitrogens with one attached hydrogen (secondary N) is 1. The molecule has 1 rings (SSSR count). The molecule has 0 aliphatic carbocycles. The summed E-state index contributed by atoms with van der Waals surface area (Å²) in [4.78, 5) is 10.2. The van der Waals surface area contributed by atoms with Crippen LogP contribution >= 0.6 is 0 Å². The van der Waals surface area contributed by atoms with E-state index >= 15 is 0 Å². The Balaban J connectivity index is 3.38. The molecule has 0 amide bonds. The third-order valence-corrected chi connectivity index (χ3v) is 5.42. The molecule has 0 aliphatic rings. The molecule has 0 spiro atoms. The Hall–Kier alpha value is -1.67. The van der Waals surface area contributed by atoms with Crippen LogP contribution in [0.4, 0.5) is 11.4 Å². The molecule has 1 N–H and O–H groups in total. The van der Waals surface area contributed by atoms with Crippen molar-refractivity contribution in [3.63, 3.8) is 0 Å². The maximum Gasteiger partial charge on any atom is 0.291 e. The van der Waals surface area contributed by atoms with Gasteiger partial charge in [-0.05, 0) is 32.4 Å². The van der Waals surface area contributed by atoms with Crippen LogP contribution in [0.15, 0.2) is 23.1 Å². The first kappa shape index (κ1) is 17.4. The Bertz CT molecular complexity index is 616. The predicted molar refractivity (Wildman–Crippen MR) is 82.0 cm³/mol. The van der Waals surface area contributed by atoms with Gasteiger partial charge in [0.1, 0.15) is 0 Å². The van der Waals surface area contributed by atoms with E-state index in [9.17, 15) is 18.5 Å². The van der Waals surface area contributed by atoms with Crippen LogP contribution in [0.5, 0.6) is 0 Å². The zero-order valence-electron chi connectivity index (χ0n) is 12.7. The normalized spacial score (nSPS) is 13.2. The highest BCUT2D eigenvalue weighted by atomic mass is 32.2. The standard InChI is InChI=1S/C13H21N3O4S/c1-5-10(3)15(4)21(19,20)13-8-7-11(14-6-2)9-12(13)16(17)18/h7-10,14H,5-6H2,1-4H3. The fraction of sp³-hybridized carbons (Fsp3) is 0.538. The van der Waals surface area contributed by atoms with Crippen LogP contribution in [0.1, 0.15) is 27.2 Å². The van der Waals surface area contributed by atoms with E-state index in [0.29, 0.717) is 18.7 Å². The molecule has 8 heteroatoms. The number of hydrogen-bond acceptors (Lipinski definition) is 5. The number of nitro benzene ring substituents is 1. The lowest BCUT2D eigenvalue weighted by Crippen LogP contribution is -2.34. The molecule has 0 radical (unpaired) electrons. The molecule has 0 fully saturated rings. The average molecular weight is 315 g/mol. The summed E-state index contributed by atoms with van der Waals surface area (Å²) in [5.41, 5.74) is 0.109. The Labute approximate surface area is 125 Å². The highest BCUT2D eigenvalue weighted by Crippen LogP contribution is 2.30. The maximum atomic E-state index is 12.5. The third-order valence-electron chi connectivity index (χ3n) is 3.41. The van der Waals surface area contributed by atoms with Crippen molar-refractivity contribution >= 4 is 21.4 Å². The molecule has 1 atom stereocenters. The van der Waals surface area contributed by atoms with Gasteiger partial charge in [0.05, 0.1) is 4.92 Å². The van der Waals surface area contributed by atoms with E-state index < -0.39 is 20.6 Å². The van der Waals surface area contributed by atoms with Gasteiger partial charge >= 0.3 is 0 Å². The molecule has 7 nitrogen and oxygen atoms in total. The largest absolute Gasteiger partial charge is 0.385 e. The highest BCUT2D eigenvalue weighted by Gasteiger charge is 2.31. The molecular formula is C13H21N3O4S. The molecular weight excluding hydrogens is 294 g/mol. The Kier molecular flexibility index (Phi) is 5.68. The summed E-state index contributed by atoms with van der Waals surface area (Å²) in [6, 6.07) is 3.84. The number of anilines is 1. The predicted octanol–water partition coefficient (Wildman–Crippen LogP) is 2.45. The lowest BCUT2D eigenvalue weighted by atomic mass is 10.3. The Morgan fingerprint density at radius 3 is 2.48 bits per heavy atom. The van der Waals surface area contributed by atoms with E-state index in [4.69, 9.17) is 0 Å². The van der Waals surface area contributed by atoms with Crippen LogP contribution in [0.25, 0.3) is 0 Å². The molecule has 0 saturated carbocycles. The molecule has 0 aliphatic heterocycles. The van der Waals surface area contributed by atoms with Gasteiger partial charge < -0.3 is 5.32 Å². The van der Waals surface area contributed by atoms with Gasteiger partial charge in [-0.15, -0.1) is 0 Å².